The highest BCUT2D eigenvalue weighted by atomic mass is 19.1. The van der Waals surface area contributed by atoms with E-state index in [4.69, 9.17) is 5.26 Å². The lowest BCUT2D eigenvalue weighted by molar-refractivity contribution is 0.459. The van der Waals surface area contributed by atoms with Gasteiger partial charge in [0, 0.05) is 13.1 Å². The summed E-state index contributed by atoms with van der Waals surface area (Å²) >= 11 is 0. The molecule has 19 heavy (non-hydrogen) atoms. The predicted molar refractivity (Wildman–Crippen MR) is 70.9 cm³/mol. The van der Waals surface area contributed by atoms with Crippen molar-refractivity contribution >= 4 is 5.69 Å². The van der Waals surface area contributed by atoms with Gasteiger partial charge in [-0.1, -0.05) is 13.3 Å². The second-order valence-corrected chi connectivity index (χ2v) is 5.09. The molecule has 2 nitrogen and oxygen atoms in total. The van der Waals surface area contributed by atoms with Crippen molar-refractivity contribution in [3.63, 3.8) is 0 Å². The van der Waals surface area contributed by atoms with Gasteiger partial charge in [-0.25, -0.2) is 8.78 Å². The normalized spacial score (nSPS) is 19.9. The molecule has 0 amide bonds. The molecule has 1 atom stereocenters. The average molecular weight is 264 g/mol. The molecule has 0 saturated carbocycles. The van der Waals surface area contributed by atoms with Crippen LogP contribution in [0.25, 0.3) is 0 Å². The SMILES string of the molecule is CCC1CCCN(c2c(F)cc(C#N)cc2F)CC1. The van der Waals surface area contributed by atoms with Crippen LogP contribution in [0.5, 0.6) is 0 Å². The molecule has 0 aliphatic carbocycles. The summed E-state index contributed by atoms with van der Waals surface area (Å²) in [7, 11) is 0. The molecule has 4 heteroatoms. The molecule has 1 aliphatic rings. The van der Waals surface area contributed by atoms with Crippen molar-refractivity contribution in [1.82, 2.24) is 0 Å². The number of benzene rings is 1. The molecule has 102 valence electrons. The summed E-state index contributed by atoms with van der Waals surface area (Å²) in [6, 6.07) is 3.99. The zero-order valence-electron chi connectivity index (χ0n) is 11.1. The third kappa shape index (κ3) is 3.04. The zero-order chi connectivity index (χ0) is 13.8. The smallest absolute Gasteiger partial charge is 0.150 e. The van der Waals surface area contributed by atoms with Crippen molar-refractivity contribution in [2.75, 3.05) is 18.0 Å². The standard InChI is InChI=1S/C15H18F2N2/c1-2-11-4-3-6-19(7-5-11)15-13(16)8-12(10-18)9-14(15)17/h8-9,11H,2-7H2,1H3. The van der Waals surface area contributed by atoms with Crippen LogP contribution < -0.4 is 4.90 Å². The fraction of sp³-hybridized carbons (Fsp3) is 0.533. The van der Waals surface area contributed by atoms with E-state index in [2.05, 4.69) is 6.92 Å². The minimum Gasteiger partial charge on any atom is -0.367 e. The van der Waals surface area contributed by atoms with E-state index in [0.717, 1.165) is 37.8 Å². The summed E-state index contributed by atoms with van der Waals surface area (Å²) in [5.74, 6) is -0.618. The molecule has 1 heterocycles. The number of hydrogen-bond acceptors (Lipinski definition) is 2. The monoisotopic (exact) mass is 264 g/mol. The summed E-state index contributed by atoms with van der Waals surface area (Å²) in [6.07, 6.45) is 4.16. The topological polar surface area (TPSA) is 27.0 Å². The minimum atomic E-state index is -0.633. The molecule has 1 saturated heterocycles. The zero-order valence-corrected chi connectivity index (χ0v) is 11.1. The fourth-order valence-electron chi connectivity index (χ4n) is 2.73. The lowest BCUT2D eigenvalue weighted by atomic mass is 9.98. The van der Waals surface area contributed by atoms with Gasteiger partial charge in [-0.3, -0.25) is 0 Å². The number of nitrogens with zero attached hydrogens (tertiary/aromatic N) is 2. The Morgan fingerprint density at radius 3 is 2.53 bits per heavy atom. The third-order valence-corrected chi connectivity index (χ3v) is 3.89. The Balaban J connectivity index is 2.24. The molecule has 0 spiro atoms. The van der Waals surface area contributed by atoms with Crippen LogP contribution in [-0.2, 0) is 0 Å². The van der Waals surface area contributed by atoms with Gasteiger partial charge >= 0.3 is 0 Å². The van der Waals surface area contributed by atoms with Gasteiger partial charge in [0.15, 0.2) is 11.6 Å². The molecule has 1 aromatic carbocycles. The first kappa shape index (κ1) is 13.8. The molecular weight excluding hydrogens is 246 g/mol. The molecule has 1 aliphatic heterocycles. The molecule has 0 bridgehead atoms. The molecule has 0 radical (unpaired) electrons. The van der Waals surface area contributed by atoms with Crippen LogP contribution in [0, 0.1) is 28.9 Å². The molecule has 0 N–H and O–H groups in total. The Labute approximate surface area is 112 Å². The van der Waals surface area contributed by atoms with Crippen LogP contribution in [0.3, 0.4) is 0 Å². The van der Waals surface area contributed by atoms with Crippen molar-refractivity contribution in [2.24, 2.45) is 5.92 Å². The van der Waals surface area contributed by atoms with Crippen molar-refractivity contribution in [3.05, 3.63) is 29.3 Å². The maximum absolute atomic E-state index is 14.0. The Bertz CT molecular complexity index is 470. The first-order valence-electron chi connectivity index (χ1n) is 6.79. The van der Waals surface area contributed by atoms with Gasteiger partial charge < -0.3 is 4.90 Å². The van der Waals surface area contributed by atoms with Gasteiger partial charge in [0.25, 0.3) is 0 Å². The predicted octanol–water partition coefficient (Wildman–Crippen LogP) is 3.85. The van der Waals surface area contributed by atoms with Crippen molar-refractivity contribution < 1.29 is 8.78 Å². The average Bonchev–Trinajstić information content (AvgIpc) is 2.63. The maximum atomic E-state index is 14.0. The highest BCUT2D eigenvalue weighted by Crippen LogP contribution is 2.29. The molecule has 1 unspecified atom stereocenters. The van der Waals surface area contributed by atoms with Gasteiger partial charge in [0.1, 0.15) is 5.69 Å². The second kappa shape index (κ2) is 6.01. The Morgan fingerprint density at radius 2 is 1.95 bits per heavy atom. The fourth-order valence-corrected chi connectivity index (χ4v) is 2.73. The van der Waals surface area contributed by atoms with E-state index in [1.807, 2.05) is 0 Å². The van der Waals surface area contributed by atoms with E-state index in [1.165, 1.54) is 0 Å². The molecular formula is C15H18F2N2. The summed E-state index contributed by atoms with van der Waals surface area (Å²) in [6.45, 7) is 3.51. The van der Waals surface area contributed by atoms with Crippen molar-refractivity contribution in [1.29, 1.82) is 5.26 Å². The van der Waals surface area contributed by atoms with Gasteiger partial charge in [-0.15, -0.1) is 0 Å². The highest BCUT2D eigenvalue weighted by molar-refractivity contribution is 5.52. The third-order valence-electron chi connectivity index (χ3n) is 3.89. The van der Waals surface area contributed by atoms with Crippen LogP contribution in [0.2, 0.25) is 0 Å². The Kier molecular flexibility index (Phi) is 4.36. The largest absolute Gasteiger partial charge is 0.367 e. The summed E-state index contributed by atoms with van der Waals surface area (Å²) in [4.78, 5) is 1.78. The van der Waals surface area contributed by atoms with Crippen LogP contribution in [0.4, 0.5) is 14.5 Å². The second-order valence-electron chi connectivity index (χ2n) is 5.09. The minimum absolute atomic E-state index is 0.0238. The van der Waals surface area contributed by atoms with Crippen LogP contribution >= 0.6 is 0 Å². The van der Waals surface area contributed by atoms with E-state index in [-0.39, 0.29) is 11.3 Å². The van der Waals surface area contributed by atoms with Crippen molar-refractivity contribution in [2.45, 2.75) is 32.6 Å². The van der Waals surface area contributed by atoms with Crippen LogP contribution in [-0.4, -0.2) is 13.1 Å². The Hall–Kier alpha value is -1.63. The number of halogens is 2. The van der Waals surface area contributed by atoms with E-state index < -0.39 is 11.6 Å². The summed E-state index contributed by atoms with van der Waals surface area (Å²) in [5.41, 5.74) is 0.0516. The molecule has 1 aromatic rings. The van der Waals surface area contributed by atoms with E-state index in [9.17, 15) is 8.78 Å². The quantitative estimate of drug-likeness (QED) is 0.811. The number of anilines is 1. The number of hydrogen-bond donors (Lipinski definition) is 0. The van der Waals surface area contributed by atoms with Gasteiger partial charge in [-0.05, 0) is 37.3 Å². The van der Waals surface area contributed by atoms with E-state index >= 15 is 0 Å². The van der Waals surface area contributed by atoms with Gasteiger partial charge in [-0.2, -0.15) is 5.26 Å². The maximum Gasteiger partial charge on any atom is 0.150 e. The number of rotatable bonds is 2. The molecule has 2 rings (SSSR count). The van der Waals surface area contributed by atoms with Crippen molar-refractivity contribution in [3.8, 4) is 6.07 Å². The summed E-state index contributed by atoms with van der Waals surface area (Å²) in [5, 5.41) is 8.70. The van der Waals surface area contributed by atoms with Gasteiger partial charge in [0.05, 0.1) is 11.6 Å². The lowest BCUT2D eigenvalue weighted by Crippen LogP contribution is -2.26. The molecule has 0 aromatic heterocycles. The van der Waals surface area contributed by atoms with E-state index in [1.54, 1.807) is 11.0 Å². The summed E-state index contributed by atoms with van der Waals surface area (Å²) < 4.78 is 27.9. The first-order chi connectivity index (χ1) is 9.15. The lowest BCUT2D eigenvalue weighted by Gasteiger charge is -2.24. The first-order valence-corrected chi connectivity index (χ1v) is 6.79. The van der Waals surface area contributed by atoms with Crippen LogP contribution in [0.1, 0.15) is 38.2 Å². The van der Waals surface area contributed by atoms with E-state index in [0.29, 0.717) is 19.0 Å². The van der Waals surface area contributed by atoms with Gasteiger partial charge in [0.2, 0.25) is 0 Å². The Morgan fingerprint density at radius 1 is 1.26 bits per heavy atom. The van der Waals surface area contributed by atoms with Crippen LogP contribution in [0.15, 0.2) is 12.1 Å². The highest BCUT2D eigenvalue weighted by Gasteiger charge is 2.21. The molecule has 1 fully saturated rings. The number of nitriles is 1.